The van der Waals surface area contributed by atoms with E-state index < -0.39 is 54.9 Å². The number of aromatic nitrogens is 1. The topological polar surface area (TPSA) is 149 Å². The van der Waals surface area contributed by atoms with E-state index in [2.05, 4.69) is 4.98 Å². The van der Waals surface area contributed by atoms with Gasteiger partial charge < -0.3 is 10.2 Å². The SMILES string of the molecule is C[C@@H](O)[C@]1(O)CN(S(=O)(=O)c2ccc(C#N)cc2Cl)C[C@@H]1S(=O)(=O)c1ccc(Cl)cn1. The molecule has 0 spiro atoms. The van der Waals surface area contributed by atoms with Crippen molar-refractivity contribution in [2.75, 3.05) is 13.1 Å². The fraction of sp³-hybridized carbons (Fsp3) is 0.333. The second-order valence-electron chi connectivity index (χ2n) is 7.07. The highest BCUT2D eigenvalue weighted by molar-refractivity contribution is 7.92. The van der Waals surface area contributed by atoms with Crippen molar-refractivity contribution < 1.29 is 27.0 Å². The number of nitriles is 1. The number of rotatable bonds is 5. The van der Waals surface area contributed by atoms with Crippen LogP contribution in [0.3, 0.4) is 0 Å². The minimum atomic E-state index is -4.37. The van der Waals surface area contributed by atoms with Crippen LogP contribution in [0.2, 0.25) is 10.0 Å². The largest absolute Gasteiger partial charge is 0.390 e. The van der Waals surface area contributed by atoms with Gasteiger partial charge in [0.05, 0.1) is 27.8 Å². The fourth-order valence-electron chi connectivity index (χ4n) is 3.34. The van der Waals surface area contributed by atoms with E-state index in [9.17, 15) is 27.0 Å². The zero-order valence-electron chi connectivity index (χ0n) is 16.0. The molecule has 0 aliphatic carbocycles. The van der Waals surface area contributed by atoms with Crippen LogP contribution < -0.4 is 0 Å². The van der Waals surface area contributed by atoms with Crippen LogP contribution in [0, 0.1) is 11.3 Å². The number of pyridine rings is 1. The summed E-state index contributed by atoms with van der Waals surface area (Å²) in [5.74, 6) is 0. The summed E-state index contributed by atoms with van der Waals surface area (Å²) in [6.07, 6.45) is -0.480. The first-order chi connectivity index (χ1) is 14.3. The Labute approximate surface area is 189 Å². The van der Waals surface area contributed by atoms with Gasteiger partial charge in [-0.3, -0.25) is 0 Å². The minimum absolute atomic E-state index is 0.139. The third kappa shape index (κ3) is 4.17. The summed E-state index contributed by atoms with van der Waals surface area (Å²) in [5, 5.41) is 28.0. The van der Waals surface area contributed by atoms with Gasteiger partial charge in [-0.15, -0.1) is 0 Å². The third-order valence-electron chi connectivity index (χ3n) is 5.13. The summed E-state index contributed by atoms with van der Waals surface area (Å²) in [4.78, 5) is 3.41. The standard InChI is InChI=1S/C18H17Cl2N3O6S2/c1-11(24)18(25)10-23(31(28,29)15-4-2-12(7-21)6-14(15)20)9-16(18)30(26,27)17-5-3-13(19)8-22-17/h2-6,8,11,16,24-25H,9-10H2,1H3/t11-,16+,18-/m1/s1. The van der Waals surface area contributed by atoms with Crippen LogP contribution in [-0.4, -0.2) is 66.4 Å². The van der Waals surface area contributed by atoms with E-state index in [0.717, 1.165) is 28.7 Å². The molecule has 0 radical (unpaired) electrons. The molecule has 1 aliphatic heterocycles. The van der Waals surface area contributed by atoms with Gasteiger partial charge in [0.15, 0.2) is 5.03 Å². The van der Waals surface area contributed by atoms with E-state index in [-0.39, 0.29) is 20.5 Å². The van der Waals surface area contributed by atoms with Gasteiger partial charge in [-0.05, 0) is 37.3 Å². The van der Waals surface area contributed by atoms with Crippen molar-refractivity contribution in [3.8, 4) is 6.07 Å². The Bertz CT molecular complexity index is 1260. The molecule has 2 heterocycles. The van der Waals surface area contributed by atoms with Gasteiger partial charge in [0.25, 0.3) is 0 Å². The van der Waals surface area contributed by atoms with E-state index in [0.29, 0.717) is 0 Å². The Morgan fingerprint density at radius 1 is 1.26 bits per heavy atom. The number of aliphatic hydroxyl groups is 2. The Kier molecular flexibility index (Phi) is 6.38. The maximum Gasteiger partial charge on any atom is 0.244 e. The van der Waals surface area contributed by atoms with Crippen LogP contribution in [0.15, 0.2) is 46.5 Å². The van der Waals surface area contributed by atoms with Crippen LogP contribution in [0.25, 0.3) is 0 Å². The number of hydrogen-bond acceptors (Lipinski definition) is 8. The van der Waals surface area contributed by atoms with E-state index in [1.807, 2.05) is 6.07 Å². The van der Waals surface area contributed by atoms with Gasteiger partial charge in [-0.2, -0.15) is 9.57 Å². The van der Waals surface area contributed by atoms with Crippen molar-refractivity contribution in [1.82, 2.24) is 9.29 Å². The fourth-order valence-corrected chi connectivity index (χ4v) is 7.50. The van der Waals surface area contributed by atoms with E-state index in [4.69, 9.17) is 28.5 Å². The second kappa shape index (κ2) is 8.29. The Balaban J connectivity index is 2.06. The Hall–Kier alpha value is -1.78. The highest BCUT2D eigenvalue weighted by Crippen LogP contribution is 2.37. The number of hydrogen-bond donors (Lipinski definition) is 2. The summed E-state index contributed by atoms with van der Waals surface area (Å²) in [5.41, 5.74) is -2.17. The molecule has 3 rings (SSSR count). The summed E-state index contributed by atoms with van der Waals surface area (Å²) >= 11 is 11.8. The molecule has 0 bridgehead atoms. The van der Waals surface area contributed by atoms with Gasteiger partial charge in [-0.1, -0.05) is 23.2 Å². The summed E-state index contributed by atoms with van der Waals surface area (Å²) < 4.78 is 53.4. The first-order valence-electron chi connectivity index (χ1n) is 8.79. The zero-order chi connectivity index (χ0) is 23.2. The highest BCUT2D eigenvalue weighted by atomic mass is 35.5. The molecule has 0 amide bonds. The van der Waals surface area contributed by atoms with Gasteiger partial charge in [-0.25, -0.2) is 21.8 Å². The van der Waals surface area contributed by atoms with Gasteiger partial charge in [0, 0.05) is 19.3 Å². The molecule has 31 heavy (non-hydrogen) atoms. The van der Waals surface area contributed by atoms with Crippen LogP contribution >= 0.6 is 23.2 Å². The van der Waals surface area contributed by atoms with Gasteiger partial charge in [0.1, 0.15) is 15.7 Å². The lowest BCUT2D eigenvalue weighted by Gasteiger charge is -2.31. The molecule has 2 aromatic rings. The van der Waals surface area contributed by atoms with E-state index in [1.54, 1.807) is 0 Å². The summed E-state index contributed by atoms with van der Waals surface area (Å²) in [7, 11) is -8.73. The number of nitrogens with zero attached hydrogens (tertiary/aromatic N) is 3. The predicted octanol–water partition coefficient (Wildman–Crippen LogP) is 1.22. The molecule has 1 fully saturated rings. The van der Waals surface area contributed by atoms with Crippen LogP contribution in [-0.2, 0) is 19.9 Å². The van der Waals surface area contributed by atoms with Crippen LogP contribution in [0.1, 0.15) is 12.5 Å². The van der Waals surface area contributed by atoms with Crippen molar-refractivity contribution in [1.29, 1.82) is 5.26 Å². The maximum absolute atomic E-state index is 13.2. The van der Waals surface area contributed by atoms with Gasteiger partial charge in [0.2, 0.25) is 19.9 Å². The molecule has 1 saturated heterocycles. The first-order valence-corrected chi connectivity index (χ1v) is 12.5. The number of sulfonamides is 1. The molecule has 1 aromatic heterocycles. The molecule has 1 aliphatic rings. The molecular formula is C18H17Cl2N3O6S2. The monoisotopic (exact) mass is 505 g/mol. The van der Waals surface area contributed by atoms with Crippen LogP contribution in [0.4, 0.5) is 0 Å². The number of halogens is 2. The normalized spacial score (nSPS) is 23.4. The average molecular weight is 506 g/mol. The number of sulfone groups is 1. The first kappa shape index (κ1) is 23.9. The van der Waals surface area contributed by atoms with E-state index >= 15 is 0 Å². The van der Waals surface area contributed by atoms with Crippen molar-refractivity contribution in [3.05, 3.63) is 52.1 Å². The lowest BCUT2D eigenvalue weighted by Crippen LogP contribution is -2.53. The van der Waals surface area contributed by atoms with Crippen molar-refractivity contribution >= 4 is 43.1 Å². The highest BCUT2D eigenvalue weighted by Gasteiger charge is 2.58. The number of β-amino-alcohol motifs (C(OH)–C–C–N with tert-alkyl or cyclic N) is 1. The summed E-state index contributed by atoms with van der Waals surface area (Å²) in [6, 6.07) is 7.80. The smallest absolute Gasteiger partial charge is 0.244 e. The predicted molar refractivity (Wildman–Crippen MR) is 112 cm³/mol. The van der Waals surface area contributed by atoms with Crippen molar-refractivity contribution in [2.45, 2.75) is 33.8 Å². The molecule has 9 nitrogen and oxygen atoms in total. The number of benzene rings is 1. The van der Waals surface area contributed by atoms with E-state index in [1.165, 1.54) is 19.1 Å². The molecule has 3 atom stereocenters. The lowest BCUT2D eigenvalue weighted by molar-refractivity contribution is -0.0513. The second-order valence-corrected chi connectivity index (χ2v) is 11.9. The number of aliphatic hydroxyl groups excluding tert-OH is 1. The zero-order valence-corrected chi connectivity index (χ0v) is 19.1. The van der Waals surface area contributed by atoms with Crippen molar-refractivity contribution in [3.63, 3.8) is 0 Å². The molecular weight excluding hydrogens is 489 g/mol. The Morgan fingerprint density at radius 2 is 1.94 bits per heavy atom. The molecule has 2 N–H and O–H groups in total. The van der Waals surface area contributed by atoms with Crippen molar-refractivity contribution in [2.24, 2.45) is 0 Å². The Morgan fingerprint density at radius 3 is 2.45 bits per heavy atom. The molecule has 0 saturated carbocycles. The molecule has 13 heteroatoms. The third-order valence-corrected chi connectivity index (χ3v) is 9.77. The molecule has 166 valence electrons. The lowest BCUT2D eigenvalue weighted by atomic mass is 9.97. The van der Waals surface area contributed by atoms with Crippen LogP contribution in [0.5, 0.6) is 0 Å². The summed E-state index contributed by atoms with van der Waals surface area (Å²) in [6.45, 7) is -0.170. The van der Waals surface area contributed by atoms with Gasteiger partial charge >= 0.3 is 0 Å². The quantitative estimate of drug-likeness (QED) is 0.615. The molecule has 0 unspecified atom stereocenters. The maximum atomic E-state index is 13.2. The molecule has 1 aromatic carbocycles. The minimum Gasteiger partial charge on any atom is -0.390 e. The average Bonchev–Trinajstić information content (AvgIpc) is 3.08.